The third-order valence-corrected chi connectivity index (χ3v) is 3.92. The molecule has 0 aliphatic heterocycles. The number of unbranched alkanes of at least 4 members (excludes halogenated alkanes) is 1. The molecular formula is C17H24N2O3. The molecule has 1 aliphatic carbocycles. The van der Waals surface area contributed by atoms with Gasteiger partial charge in [0.25, 0.3) is 0 Å². The molecule has 22 heavy (non-hydrogen) atoms. The van der Waals surface area contributed by atoms with E-state index < -0.39 is 0 Å². The van der Waals surface area contributed by atoms with Crippen molar-refractivity contribution < 1.29 is 14.3 Å². The Hall–Kier alpha value is -2.04. The molecular weight excluding hydrogens is 280 g/mol. The fourth-order valence-electron chi connectivity index (χ4n) is 2.36. The summed E-state index contributed by atoms with van der Waals surface area (Å²) in [6.07, 6.45) is 2.69. The zero-order valence-electron chi connectivity index (χ0n) is 13.2. The summed E-state index contributed by atoms with van der Waals surface area (Å²) in [5, 5.41) is 5.77. The van der Waals surface area contributed by atoms with Crippen molar-refractivity contribution in [1.82, 2.24) is 10.6 Å². The van der Waals surface area contributed by atoms with Crippen LogP contribution in [-0.4, -0.2) is 25.5 Å². The van der Waals surface area contributed by atoms with Gasteiger partial charge in [-0.25, -0.2) is 0 Å². The quantitative estimate of drug-likeness (QED) is 0.720. The van der Waals surface area contributed by atoms with E-state index in [1.807, 2.05) is 24.3 Å². The highest BCUT2D eigenvalue weighted by Crippen LogP contribution is 2.38. The maximum Gasteiger partial charge on any atom is 0.224 e. The second-order valence-electron chi connectivity index (χ2n) is 5.66. The van der Waals surface area contributed by atoms with Crippen LogP contribution in [0.1, 0.15) is 31.7 Å². The van der Waals surface area contributed by atoms with E-state index in [0.717, 1.165) is 24.2 Å². The lowest BCUT2D eigenvalue weighted by molar-refractivity contribution is -0.127. The Balaban J connectivity index is 1.71. The largest absolute Gasteiger partial charge is 0.497 e. The van der Waals surface area contributed by atoms with Crippen molar-refractivity contribution in [2.75, 3.05) is 13.7 Å². The van der Waals surface area contributed by atoms with Gasteiger partial charge in [-0.2, -0.15) is 0 Å². The zero-order chi connectivity index (χ0) is 15.9. The molecule has 2 unspecified atom stereocenters. The van der Waals surface area contributed by atoms with Crippen molar-refractivity contribution in [3.05, 3.63) is 29.8 Å². The van der Waals surface area contributed by atoms with Gasteiger partial charge in [-0.3, -0.25) is 9.59 Å². The first-order valence-corrected chi connectivity index (χ1v) is 7.84. The minimum atomic E-state index is -0.167. The molecule has 1 fully saturated rings. The number of rotatable bonds is 8. The fraction of sp³-hybridized carbons (Fsp3) is 0.529. The lowest BCUT2D eigenvalue weighted by Gasteiger charge is -2.07. The molecule has 0 heterocycles. The average molecular weight is 304 g/mol. The highest BCUT2D eigenvalue weighted by molar-refractivity contribution is 5.92. The Morgan fingerprint density at radius 2 is 1.77 bits per heavy atom. The van der Waals surface area contributed by atoms with Gasteiger partial charge in [-0.05, 0) is 30.5 Å². The second kappa shape index (κ2) is 7.82. The molecule has 1 aliphatic rings. The van der Waals surface area contributed by atoms with E-state index >= 15 is 0 Å². The van der Waals surface area contributed by atoms with Gasteiger partial charge in [-0.15, -0.1) is 0 Å². The molecule has 5 nitrogen and oxygen atoms in total. The lowest BCUT2D eigenvalue weighted by Crippen LogP contribution is -2.30. The Labute approximate surface area is 131 Å². The molecule has 1 aromatic carbocycles. The molecule has 5 heteroatoms. The minimum Gasteiger partial charge on any atom is -0.497 e. The Morgan fingerprint density at radius 3 is 2.36 bits per heavy atom. The number of nitrogens with one attached hydrogen (secondary N) is 2. The van der Waals surface area contributed by atoms with E-state index in [4.69, 9.17) is 4.74 Å². The number of carbonyl (C=O) groups is 2. The van der Waals surface area contributed by atoms with Gasteiger partial charge in [0.1, 0.15) is 5.75 Å². The average Bonchev–Trinajstić information content (AvgIpc) is 3.34. The molecule has 2 rings (SSSR count). The number of hydrogen-bond donors (Lipinski definition) is 2. The first-order chi connectivity index (χ1) is 10.7. The Morgan fingerprint density at radius 1 is 1.14 bits per heavy atom. The van der Waals surface area contributed by atoms with E-state index in [1.165, 1.54) is 0 Å². The van der Waals surface area contributed by atoms with E-state index in [0.29, 0.717) is 19.5 Å². The van der Waals surface area contributed by atoms with Crippen LogP contribution in [0.2, 0.25) is 0 Å². The minimum absolute atomic E-state index is 0.0121. The summed E-state index contributed by atoms with van der Waals surface area (Å²) in [4.78, 5) is 23.9. The molecule has 0 radical (unpaired) electrons. The van der Waals surface area contributed by atoms with Crippen LogP contribution in [0, 0.1) is 11.8 Å². The summed E-state index contributed by atoms with van der Waals surface area (Å²) < 4.78 is 5.09. The van der Waals surface area contributed by atoms with Crippen LogP contribution in [0.25, 0.3) is 0 Å². The van der Waals surface area contributed by atoms with E-state index in [9.17, 15) is 9.59 Å². The smallest absolute Gasteiger partial charge is 0.224 e. The summed E-state index contributed by atoms with van der Waals surface area (Å²) in [6, 6.07) is 7.56. The van der Waals surface area contributed by atoms with Crippen molar-refractivity contribution in [1.29, 1.82) is 0 Å². The van der Waals surface area contributed by atoms with Crippen LogP contribution in [0.3, 0.4) is 0 Å². The zero-order valence-corrected chi connectivity index (χ0v) is 13.2. The Bertz CT molecular complexity index is 513. The fourth-order valence-corrected chi connectivity index (χ4v) is 2.36. The topological polar surface area (TPSA) is 67.4 Å². The molecule has 0 bridgehead atoms. The Kier molecular flexibility index (Phi) is 5.81. The second-order valence-corrected chi connectivity index (χ2v) is 5.66. The van der Waals surface area contributed by atoms with Gasteiger partial charge < -0.3 is 15.4 Å². The summed E-state index contributed by atoms with van der Waals surface area (Å²) in [6.45, 7) is 3.26. The highest BCUT2D eigenvalue weighted by Gasteiger charge is 2.47. The molecule has 1 aromatic rings. The van der Waals surface area contributed by atoms with E-state index in [1.54, 1.807) is 7.11 Å². The van der Waals surface area contributed by atoms with Crippen molar-refractivity contribution in [3.8, 4) is 5.75 Å². The van der Waals surface area contributed by atoms with E-state index in [-0.39, 0.29) is 23.7 Å². The number of ether oxygens (including phenoxy) is 1. The van der Waals surface area contributed by atoms with E-state index in [2.05, 4.69) is 17.6 Å². The predicted molar refractivity (Wildman–Crippen MR) is 84.4 cm³/mol. The highest BCUT2D eigenvalue weighted by atomic mass is 16.5. The molecule has 2 atom stereocenters. The molecule has 0 saturated heterocycles. The van der Waals surface area contributed by atoms with Gasteiger partial charge in [0.15, 0.2) is 0 Å². The molecule has 2 N–H and O–H groups in total. The molecule has 0 aromatic heterocycles. The monoisotopic (exact) mass is 304 g/mol. The summed E-state index contributed by atoms with van der Waals surface area (Å²) in [7, 11) is 1.62. The van der Waals surface area contributed by atoms with Crippen molar-refractivity contribution in [3.63, 3.8) is 0 Å². The van der Waals surface area contributed by atoms with Gasteiger partial charge >= 0.3 is 0 Å². The third-order valence-electron chi connectivity index (χ3n) is 3.92. The molecule has 120 valence electrons. The summed E-state index contributed by atoms with van der Waals surface area (Å²) in [5.41, 5.74) is 1.01. The van der Waals surface area contributed by atoms with Gasteiger partial charge in [0, 0.05) is 13.1 Å². The molecule has 2 amide bonds. The number of benzene rings is 1. The first-order valence-electron chi connectivity index (χ1n) is 7.84. The lowest BCUT2D eigenvalue weighted by atomic mass is 10.2. The number of hydrogen-bond acceptors (Lipinski definition) is 3. The predicted octanol–water partition coefficient (Wildman–Crippen LogP) is 1.86. The summed E-state index contributed by atoms with van der Waals surface area (Å²) >= 11 is 0. The number of methoxy groups -OCH3 is 1. The van der Waals surface area contributed by atoms with Crippen LogP contribution in [0.4, 0.5) is 0 Å². The number of amides is 2. The standard InChI is InChI=1S/C17H24N2O3/c1-3-4-9-18-16(20)14-10-15(14)17(21)19-11-12-5-7-13(22-2)8-6-12/h5-8,14-15H,3-4,9-11H2,1-2H3,(H,18,20)(H,19,21). The SMILES string of the molecule is CCCCNC(=O)C1CC1C(=O)NCc1ccc(OC)cc1. The van der Waals surface area contributed by atoms with Gasteiger partial charge in [0.2, 0.25) is 11.8 Å². The van der Waals surface area contributed by atoms with Crippen molar-refractivity contribution in [2.45, 2.75) is 32.7 Å². The van der Waals surface area contributed by atoms with Crippen LogP contribution in [0.15, 0.2) is 24.3 Å². The molecule has 0 spiro atoms. The van der Waals surface area contributed by atoms with Gasteiger partial charge in [-0.1, -0.05) is 25.5 Å². The van der Waals surface area contributed by atoms with Crippen molar-refractivity contribution in [2.24, 2.45) is 11.8 Å². The van der Waals surface area contributed by atoms with Crippen LogP contribution in [0.5, 0.6) is 5.75 Å². The maximum absolute atomic E-state index is 12.0. The third kappa shape index (κ3) is 4.48. The van der Waals surface area contributed by atoms with Crippen molar-refractivity contribution >= 4 is 11.8 Å². The maximum atomic E-state index is 12.0. The van der Waals surface area contributed by atoms with Crippen LogP contribution < -0.4 is 15.4 Å². The molecule has 1 saturated carbocycles. The summed E-state index contributed by atoms with van der Waals surface area (Å²) in [5.74, 6) is 0.457. The normalized spacial score (nSPS) is 19.4. The van der Waals surface area contributed by atoms with Gasteiger partial charge in [0.05, 0.1) is 18.9 Å². The number of carbonyl (C=O) groups excluding carboxylic acids is 2. The first kappa shape index (κ1) is 16.3. The van der Waals surface area contributed by atoms with Crippen LogP contribution in [-0.2, 0) is 16.1 Å². The van der Waals surface area contributed by atoms with Crippen LogP contribution >= 0.6 is 0 Å².